The first-order valence-corrected chi connectivity index (χ1v) is 15.2. The number of nitrogens with zero attached hydrogens (tertiary/aromatic N) is 1. The molecule has 0 bridgehead atoms. The molecule has 1 aliphatic heterocycles. The highest BCUT2D eigenvalue weighted by molar-refractivity contribution is 7.92. The Morgan fingerprint density at radius 2 is 1.64 bits per heavy atom. The SMILES string of the molecule is CC(C)(C)OC(=O)C1CC(S(=O)(=O)c2ccccc2)C(c2ccccc2F)N1C(=O)Cc1cccc(C(=O)O)c1NC(N)=O. The summed E-state index contributed by atoms with van der Waals surface area (Å²) in [5, 5.41) is 10.4. The quantitative estimate of drug-likeness (QED) is 0.314. The van der Waals surface area contributed by atoms with Gasteiger partial charge in [0.1, 0.15) is 17.5 Å². The van der Waals surface area contributed by atoms with Crippen LogP contribution in [0.4, 0.5) is 14.9 Å². The molecule has 11 nitrogen and oxygen atoms in total. The molecule has 3 atom stereocenters. The molecule has 3 amide bonds. The number of nitrogens with two attached hydrogens (primary N) is 1. The van der Waals surface area contributed by atoms with Gasteiger partial charge in [0.15, 0.2) is 9.84 Å². The van der Waals surface area contributed by atoms with E-state index in [0.717, 1.165) is 11.0 Å². The molecule has 3 aromatic rings. The molecule has 44 heavy (non-hydrogen) atoms. The van der Waals surface area contributed by atoms with E-state index in [1.54, 1.807) is 26.8 Å². The summed E-state index contributed by atoms with van der Waals surface area (Å²) in [5.41, 5.74) is 3.55. The number of anilines is 1. The van der Waals surface area contributed by atoms with Crippen molar-refractivity contribution in [1.29, 1.82) is 0 Å². The number of rotatable bonds is 8. The van der Waals surface area contributed by atoms with E-state index in [4.69, 9.17) is 10.5 Å². The van der Waals surface area contributed by atoms with Crippen molar-refractivity contribution < 1.29 is 41.8 Å². The number of carboxylic acids is 1. The number of carboxylic acid groups (broad SMARTS) is 1. The molecule has 0 saturated carbocycles. The van der Waals surface area contributed by atoms with E-state index in [1.165, 1.54) is 60.7 Å². The number of urea groups is 1. The van der Waals surface area contributed by atoms with Gasteiger partial charge < -0.3 is 25.8 Å². The molecule has 3 unspecified atom stereocenters. The molecule has 0 aliphatic carbocycles. The number of carbonyl (C=O) groups is 4. The minimum atomic E-state index is -4.26. The van der Waals surface area contributed by atoms with Gasteiger partial charge in [-0.3, -0.25) is 4.79 Å². The minimum Gasteiger partial charge on any atom is -0.478 e. The fourth-order valence-electron chi connectivity index (χ4n) is 5.34. The number of ether oxygens (including phenoxy) is 1. The van der Waals surface area contributed by atoms with Crippen molar-refractivity contribution in [2.24, 2.45) is 5.73 Å². The molecule has 1 heterocycles. The Kier molecular flexibility index (Phi) is 9.09. The van der Waals surface area contributed by atoms with Crippen LogP contribution in [0, 0.1) is 5.82 Å². The first-order valence-electron chi connectivity index (χ1n) is 13.6. The van der Waals surface area contributed by atoms with Gasteiger partial charge >= 0.3 is 18.0 Å². The Labute approximate surface area is 253 Å². The lowest BCUT2D eigenvalue weighted by Gasteiger charge is -2.33. The van der Waals surface area contributed by atoms with E-state index >= 15 is 4.39 Å². The average molecular weight is 626 g/mol. The number of amides is 3. The molecule has 3 aromatic carbocycles. The predicted molar refractivity (Wildman–Crippen MR) is 158 cm³/mol. The van der Waals surface area contributed by atoms with E-state index in [-0.39, 0.29) is 27.3 Å². The normalized spacial score (nSPS) is 18.5. The van der Waals surface area contributed by atoms with E-state index in [0.29, 0.717) is 0 Å². The maximum Gasteiger partial charge on any atom is 0.337 e. The van der Waals surface area contributed by atoms with Crippen LogP contribution in [0.15, 0.2) is 77.7 Å². The number of likely N-dealkylation sites (tertiary alicyclic amines) is 1. The number of primary amides is 1. The first-order chi connectivity index (χ1) is 20.6. The monoisotopic (exact) mass is 625 g/mol. The number of carbonyl (C=O) groups excluding carboxylic acids is 3. The number of benzene rings is 3. The van der Waals surface area contributed by atoms with Crippen LogP contribution in [0.1, 0.15) is 54.7 Å². The summed E-state index contributed by atoms with van der Waals surface area (Å²) in [7, 11) is -4.26. The van der Waals surface area contributed by atoms with Gasteiger partial charge in [-0.1, -0.05) is 48.5 Å². The van der Waals surface area contributed by atoms with Gasteiger partial charge in [0.05, 0.1) is 33.9 Å². The van der Waals surface area contributed by atoms with Gasteiger partial charge in [0.25, 0.3) is 0 Å². The number of hydrogen-bond donors (Lipinski definition) is 3. The van der Waals surface area contributed by atoms with Crippen LogP contribution < -0.4 is 11.1 Å². The lowest BCUT2D eigenvalue weighted by molar-refractivity contribution is -0.164. The number of nitrogens with one attached hydrogen (secondary N) is 1. The van der Waals surface area contributed by atoms with E-state index in [9.17, 15) is 32.7 Å². The summed E-state index contributed by atoms with van der Waals surface area (Å²) < 4.78 is 49.2. The molecule has 1 saturated heterocycles. The molecule has 1 aliphatic rings. The second kappa shape index (κ2) is 12.4. The van der Waals surface area contributed by atoms with Gasteiger partial charge in [-0.2, -0.15) is 0 Å². The highest BCUT2D eigenvalue weighted by atomic mass is 32.2. The maximum atomic E-state index is 15.4. The smallest absolute Gasteiger partial charge is 0.337 e. The third-order valence-electron chi connectivity index (χ3n) is 7.08. The average Bonchev–Trinajstić information content (AvgIpc) is 3.35. The third-order valence-corrected chi connectivity index (χ3v) is 9.25. The molecule has 0 radical (unpaired) electrons. The molecule has 13 heteroatoms. The van der Waals surface area contributed by atoms with E-state index < -0.39 is 75.3 Å². The van der Waals surface area contributed by atoms with Crippen molar-refractivity contribution in [2.45, 2.75) is 61.4 Å². The molecule has 1 fully saturated rings. The van der Waals surface area contributed by atoms with Crippen molar-refractivity contribution in [1.82, 2.24) is 4.90 Å². The summed E-state index contributed by atoms with van der Waals surface area (Å²) in [6, 6.07) is 12.7. The number of para-hydroxylation sites is 1. The molecule has 4 rings (SSSR count). The van der Waals surface area contributed by atoms with Crippen molar-refractivity contribution in [2.75, 3.05) is 5.32 Å². The van der Waals surface area contributed by atoms with Crippen LogP contribution in [-0.2, 0) is 30.6 Å². The number of hydrogen-bond acceptors (Lipinski definition) is 7. The minimum absolute atomic E-state index is 0.0262. The largest absolute Gasteiger partial charge is 0.478 e. The molecule has 232 valence electrons. The number of sulfone groups is 1. The number of esters is 1. The van der Waals surface area contributed by atoms with E-state index in [1.807, 2.05) is 0 Å². The van der Waals surface area contributed by atoms with Gasteiger partial charge in [-0.15, -0.1) is 0 Å². The molecule has 4 N–H and O–H groups in total. The topological polar surface area (TPSA) is 173 Å². The van der Waals surface area contributed by atoms with Crippen LogP contribution in [0.3, 0.4) is 0 Å². The first kappa shape index (κ1) is 32.1. The molecule has 0 spiro atoms. The second-order valence-corrected chi connectivity index (χ2v) is 13.4. The predicted octanol–water partition coefficient (Wildman–Crippen LogP) is 4.08. The number of halogens is 1. The van der Waals surface area contributed by atoms with Crippen LogP contribution in [0.25, 0.3) is 0 Å². The van der Waals surface area contributed by atoms with Gasteiger partial charge in [-0.05, 0) is 57.0 Å². The summed E-state index contributed by atoms with van der Waals surface area (Å²) >= 11 is 0. The van der Waals surface area contributed by atoms with Crippen molar-refractivity contribution in [3.63, 3.8) is 0 Å². The summed E-state index contributed by atoms with van der Waals surface area (Å²) in [6.07, 6.45) is -1.00. The Hall–Kier alpha value is -4.78. The summed E-state index contributed by atoms with van der Waals surface area (Å²) in [5.74, 6) is -3.94. The maximum absolute atomic E-state index is 15.4. The zero-order chi connectivity index (χ0) is 32.4. The Morgan fingerprint density at radius 3 is 2.23 bits per heavy atom. The Balaban J connectivity index is 1.90. The van der Waals surface area contributed by atoms with Crippen molar-refractivity contribution in [3.8, 4) is 0 Å². The van der Waals surface area contributed by atoms with Crippen LogP contribution in [0.5, 0.6) is 0 Å². The lowest BCUT2D eigenvalue weighted by atomic mass is 10.0. The fraction of sp³-hybridized carbons (Fsp3) is 0.290. The van der Waals surface area contributed by atoms with Gasteiger partial charge in [0, 0.05) is 5.56 Å². The molecular weight excluding hydrogens is 593 g/mol. The lowest BCUT2D eigenvalue weighted by Crippen LogP contribution is -2.45. The third kappa shape index (κ3) is 6.72. The van der Waals surface area contributed by atoms with Crippen LogP contribution in [-0.4, -0.2) is 59.2 Å². The number of aromatic carboxylic acids is 1. The van der Waals surface area contributed by atoms with Crippen LogP contribution in [0.2, 0.25) is 0 Å². The van der Waals surface area contributed by atoms with Gasteiger partial charge in [-0.25, -0.2) is 27.2 Å². The molecule has 0 aromatic heterocycles. The highest BCUT2D eigenvalue weighted by Gasteiger charge is 2.54. The van der Waals surface area contributed by atoms with Gasteiger partial charge in [0.2, 0.25) is 5.91 Å². The molecular formula is C31H32FN3O8S. The Bertz CT molecular complexity index is 1710. The zero-order valence-corrected chi connectivity index (χ0v) is 25.0. The van der Waals surface area contributed by atoms with Crippen molar-refractivity contribution >= 4 is 39.4 Å². The van der Waals surface area contributed by atoms with E-state index in [2.05, 4.69) is 5.32 Å². The Morgan fingerprint density at radius 1 is 1.00 bits per heavy atom. The van der Waals surface area contributed by atoms with Crippen LogP contribution >= 0.6 is 0 Å². The second-order valence-electron chi connectivity index (χ2n) is 11.3. The highest BCUT2D eigenvalue weighted by Crippen LogP contribution is 2.44. The standard InChI is InChI=1S/C31H32FN3O8S/c1-31(2,3)43-29(39)23-17-24(44(41,42)19-11-5-4-6-12-19)27(20-13-7-8-15-22(20)32)35(23)25(36)16-18-10-9-14-21(28(37)38)26(18)34-30(33)40/h4-15,23-24,27H,16-17H2,1-3H3,(H,37,38)(H3,33,34,40). The zero-order valence-electron chi connectivity index (χ0n) is 24.2. The summed E-state index contributed by atoms with van der Waals surface area (Å²) in [4.78, 5) is 52.4. The van der Waals surface area contributed by atoms with Crippen molar-refractivity contribution in [3.05, 3.63) is 95.3 Å². The summed E-state index contributed by atoms with van der Waals surface area (Å²) in [6.45, 7) is 4.83. The fourth-order valence-corrected chi connectivity index (χ4v) is 7.28.